The van der Waals surface area contributed by atoms with Gasteiger partial charge in [0.15, 0.2) is 0 Å². The number of rotatable bonds is 4. The predicted molar refractivity (Wildman–Crippen MR) is 80.7 cm³/mol. The largest absolute Gasteiger partial charge is 0.365 e. The van der Waals surface area contributed by atoms with Gasteiger partial charge >= 0.3 is 0 Å². The van der Waals surface area contributed by atoms with Crippen molar-refractivity contribution < 1.29 is 9.59 Å². The Morgan fingerprint density at radius 1 is 1.48 bits per heavy atom. The van der Waals surface area contributed by atoms with Gasteiger partial charge in [-0.25, -0.2) is 0 Å². The summed E-state index contributed by atoms with van der Waals surface area (Å²) in [6, 6.07) is 1.66. The highest BCUT2D eigenvalue weighted by molar-refractivity contribution is 7.17. The van der Waals surface area contributed by atoms with Crippen LogP contribution in [0.1, 0.15) is 44.6 Å². The number of primary amides is 1. The number of hydrogen-bond donors (Lipinski definition) is 2. The third-order valence-electron chi connectivity index (χ3n) is 3.64. The SMILES string of the molecule is CCn1nccc1C(=O)Nc1sc2c(c1C(N)=O)CCC2. The van der Waals surface area contributed by atoms with E-state index in [0.717, 1.165) is 29.7 Å². The molecule has 6 nitrogen and oxygen atoms in total. The number of aromatic nitrogens is 2. The Balaban J connectivity index is 1.92. The van der Waals surface area contributed by atoms with E-state index in [0.29, 0.717) is 22.8 Å². The number of hydrogen-bond acceptors (Lipinski definition) is 4. The lowest BCUT2D eigenvalue weighted by molar-refractivity contribution is 0.100. The molecule has 3 N–H and O–H groups in total. The second-order valence-corrected chi connectivity index (χ2v) is 6.02. The lowest BCUT2D eigenvalue weighted by Crippen LogP contribution is -2.20. The second-order valence-electron chi connectivity index (χ2n) is 4.91. The molecule has 1 aliphatic rings. The van der Waals surface area contributed by atoms with Crippen LogP contribution in [0.15, 0.2) is 12.3 Å². The molecule has 2 heterocycles. The van der Waals surface area contributed by atoms with E-state index < -0.39 is 5.91 Å². The van der Waals surface area contributed by atoms with E-state index >= 15 is 0 Å². The molecular weight excluding hydrogens is 288 g/mol. The van der Waals surface area contributed by atoms with Gasteiger partial charge in [0.25, 0.3) is 11.8 Å². The minimum Gasteiger partial charge on any atom is -0.365 e. The Hall–Kier alpha value is -2.15. The Bertz CT molecular complexity index is 717. The number of nitrogens with two attached hydrogens (primary N) is 1. The minimum atomic E-state index is -0.478. The summed E-state index contributed by atoms with van der Waals surface area (Å²) in [5.41, 5.74) is 7.44. The number of aryl methyl sites for hydroxylation is 2. The van der Waals surface area contributed by atoms with Crippen molar-refractivity contribution in [1.82, 2.24) is 9.78 Å². The van der Waals surface area contributed by atoms with E-state index in [1.54, 1.807) is 16.9 Å². The molecule has 0 aromatic carbocycles. The number of anilines is 1. The number of thiophene rings is 1. The normalized spacial score (nSPS) is 13.2. The Labute approximate surface area is 125 Å². The van der Waals surface area contributed by atoms with Gasteiger partial charge in [-0.2, -0.15) is 5.10 Å². The first kappa shape index (κ1) is 13.8. The number of nitrogens with zero attached hydrogens (tertiary/aromatic N) is 2. The summed E-state index contributed by atoms with van der Waals surface area (Å²) in [4.78, 5) is 25.2. The third-order valence-corrected chi connectivity index (χ3v) is 4.85. The van der Waals surface area contributed by atoms with Gasteiger partial charge in [-0.3, -0.25) is 14.3 Å². The highest BCUT2D eigenvalue weighted by atomic mass is 32.1. The molecular formula is C14H16N4O2S. The van der Waals surface area contributed by atoms with Crippen LogP contribution >= 0.6 is 11.3 Å². The summed E-state index contributed by atoms with van der Waals surface area (Å²) in [6.07, 6.45) is 4.43. The first-order valence-electron chi connectivity index (χ1n) is 6.89. The highest BCUT2D eigenvalue weighted by Crippen LogP contribution is 2.38. The van der Waals surface area contributed by atoms with Crippen molar-refractivity contribution in [1.29, 1.82) is 0 Å². The zero-order valence-electron chi connectivity index (χ0n) is 11.7. The molecule has 0 unspecified atom stereocenters. The lowest BCUT2D eigenvalue weighted by Gasteiger charge is -2.07. The van der Waals surface area contributed by atoms with Gasteiger partial charge in [0.2, 0.25) is 0 Å². The zero-order chi connectivity index (χ0) is 15.0. The van der Waals surface area contributed by atoms with E-state index in [9.17, 15) is 9.59 Å². The van der Waals surface area contributed by atoms with E-state index in [-0.39, 0.29) is 5.91 Å². The number of carbonyl (C=O) groups is 2. The van der Waals surface area contributed by atoms with Gasteiger partial charge in [0.1, 0.15) is 10.7 Å². The van der Waals surface area contributed by atoms with Crippen LogP contribution in [0.4, 0.5) is 5.00 Å². The predicted octanol–water partition coefficient (Wildman–Crippen LogP) is 1.80. The molecule has 0 saturated heterocycles. The standard InChI is InChI=1S/C14H16N4O2S/c1-2-18-9(6-7-16-18)13(20)17-14-11(12(15)19)8-4-3-5-10(8)21-14/h6-7H,2-5H2,1H3,(H2,15,19)(H,17,20). The maximum Gasteiger partial charge on any atom is 0.274 e. The Morgan fingerprint density at radius 3 is 3.00 bits per heavy atom. The van der Waals surface area contributed by atoms with Crippen molar-refractivity contribution in [3.63, 3.8) is 0 Å². The van der Waals surface area contributed by atoms with Gasteiger partial charge in [0, 0.05) is 17.6 Å². The van der Waals surface area contributed by atoms with Crippen LogP contribution in [0.3, 0.4) is 0 Å². The fourth-order valence-corrected chi connectivity index (χ4v) is 3.99. The van der Waals surface area contributed by atoms with Crippen molar-refractivity contribution in [3.8, 4) is 0 Å². The summed E-state index contributed by atoms with van der Waals surface area (Å²) >= 11 is 1.45. The maximum absolute atomic E-state index is 12.3. The molecule has 2 aromatic rings. The average molecular weight is 304 g/mol. The van der Waals surface area contributed by atoms with Crippen LogP contribution in [0, 0.1) is 0 Å². The van der Waals surface area contributed by atoms with Crippen molar-refractivity contribution in [2.45, 2.75) is 32.7 Å². The number of carbonyl (C=O) groups excluding carboxylic acids is 2. The number of amides is 2. The Kier molecular flexibility index (Phi) is 3.50. The van der Waals surface area contributed by atoms with Crippen LogP contribution in [-0.4, -0.2) is 21.6 Å². The van der Waals surface area contributed by atoms with Crippen LogP contribution in [0.25, 0.3) is 0 Å². The molecule has 3 rings (SSSR count). The number of fused-ring (bicyclic) bond motifs is 1. The van der Waals surface area contributed by atoms with Gasteiger partial charge < -0.3 is 11.1 Å². The molecule has 0 spiro atoms. The molecule has 0 radical (unpaired) electrons. The van der Waals surface area contributed by atoms with Crippen LogP contribution in [0.2, 0.25) is 0 Å². The van der Waals surface area contributed by atoms with Crippen molar-refractivity contribution in [2.75, 3.05) is 5.32 Å². The van der Waals surface area contributed by atoms with E-state index in [2.05, 4.69) is 10.4 Å². The molecule has 2 aromatic heterocycles. The smallest absolute Gasteiger partial charge is 0.274 e. The second kappa shape index (κ2) is 5.33. The fraction of sp³-hybridized carbons (Fsp3) is 0.357. The summed E-state index contributed by atoms with van der Waals surface area (Å²) < 4.78 is 1.61. The van der Waals surface area contributed by atoms with E-state index in [1.807, 2.05) is 6.92 Å². The van der Waals surface area contributed by atoms with Crippen LogP contribution in [0.5, 0.6) is 0 Å². The molecule has 2 amide bonds. The lowest BCUT2D eigenvalue weighted by atomic mass is 10.1. The molecule has 0 aliphatic heterocycles. The van der Waals surface area contributed by atoms with Gasteiger partial charge in [-0.05, 0) is 37.8 Å². The zero-order valence-corrected chi connectivity index (χ0v) is 12.5. The quantitative estimate of drug-likeness (QED) is 0.902. The van der Waals surface area contributed by atoms with Gasteiger partial charge in [-0.1, -0.05) is 0 Å². The first-order valence-corrected chi connectivity index (χ1v) is 7.71. The van der Waals surface area contributed by atoms with Crippen molar-refractivity contribution in [2.24, 2.45) is 5.73 Å². The van der Waals surface area contributed by atoms with Gasteiger partial charge in [-0.15, -0.1) is 11.3 Å². The summed E-state index contributed by atoms with van der Waals surface area (Å²) in [5.74, 6) is -0.745. The van der Waals surface area contributed by atoms with E-state index in [4.69, 9.17) is 5.73 Å². The topological polar surface area (TPSA) is 90.0 Å². The van der Waals surface area contributed by atoms with Crippen LogP contribution in [-0.2, 0) is 19.4 Å². The molecule has 110 valence electrons. The molecule has 1 aliphatic carbocycles. The highest BCUT2D eigenvalue weighted by Gasteiger charge is 2.26. The molecule has 0 atom stereocenters. The summed E-state index contributed by atoms with van der Waals surface area (Å²) in [5, 5.41) is 7.45. The fourth-order valence-electron chi connectivity index (χ4n) is 2.70. The van der Waals surface area contributed by atoms with Crippen molar-refractivity contribution in [3.05, 3.63) is 34.0 Å². The minimum absolute atomic E-state index is 0.267. The molecule has 0 saturated carbocycles. The maximum atomic E-state index is 12.3. The average Bonchev–Trinajstić information content (AvgIpc) is 3.11. The summed E-state index contributed by atoms with van der Waals surface area (Å²) in [7, 11) is 0. The molecule has 0 bridgehead atoms. The Morgan fingerprint density at radius 2 is 2.29 bits per heavy atom. The first-order chi connectivity index (χ1) is 10.1. The van der Waals surface area contributed by atoms with Crippen molar-refractivity contribution >= 4 is 28.2 Å². The number of nitrogens with one attached hydrogen (secondary N) is 1. The monoisotopic (exact) mass is 304 g/mol. The van der Waals surface area contributed by atoms with E-state index in [1.165, 1.54) is 11.3 Å². The molecule has 21 heavy (non-hydrogen) atoms. The summed E-state index contributed by atoms with van der Waals surface area (Å²) in [6.45, 7) is 2.53. The van der Waals surface area contributed by atoms with Gasteiger partial charge in [0.05, 0.1) is 5.56 Å². The molecule has 0 fully saturated rings. The molecule has 7 heteroatoms. The third kappa shape index (κ3) is 2.33. The van der Waals surface area contributed by atoms with Crippen LogP contribution < -0.4 is 11.1 Å².